The first kappa shape index (κ1) is 20.0. The Balaban J connectivity index is 1.61. The van der Waals surface area contributed by atoms with Crippen LogP contribution in [0, 0.1) is 0 Å². The van der Waals surface area contributed by atoms with Crippen molar-refractivity contribution in [2.24, 2.45) is 4.36 Å². The summed E-state index contributed by atoms with van der Waals surface area (Å²) in [6.07, 6.45) is 0.993. The molecule has 2 aliphatic rings. The van der Waals surface area contributed by atoms with E-state index < -0.39 is 21.2 Å². The average molecular weight is 399 g/mol. The summed E-state index contributed by atoms with van der Waals surface area (Å²) in [6.45, 7) is 3.38. The Labute approximate surface area is 158 Å². The van der Waals surface area contributed by atoms with Crippen molar-refractivity contribution in [3.8, 4) is 0 Å². The first-order valence-electron chi connectivity index (χ1n) is 8.91. The van der Waals surface area contributed by atoms with Crippen LogP contribution in [0.3, 0.4) is 0 Å². The largest absolute Gasteiger partial charge is 0.377 e. The van der Waals surface area contributed by atoms with Crippen molar-refractivity contribution in [3.63, 3.8) is 0 Å². The predicted molar refractivity (Wildman–Crippen MR) is 96.4 cm³/mol. The number of ether oxygens (including phenoxy) is 2. The molecule has 0 N–H and O–H groups in total. The summed E-state index contributed by atoms with van der Waals surface area (Å²) < 4.78 is 32.9. The summed E-state index contributed by atoms with van der Waals surface area (Å²) in [5.74, 6) is 0.650. The molecule has 0 saturated carbocycles. The van der Waals surface area contributed by atoms with Crippen LogP contribution >= 0.6 is 0 Å². The van der Waals surface area contributed by atoms with Crippen molar-refractivity contribution in [1.29, 1.82) is 0 Å². The van der Waals surface area contributed by atoms with Crippen molar-refractivity contribution in [2.45, 2.75) is 38.4 Å². The number of carbonyl (C=O) groups excluding carboxylic acids is 2. The summed E-state index contributed by atoms with van der Waals surface area (Å²) in [4.78, 5) is 25.6. The van der Waals surface area contributed by atoms with Gasteiger partial charge in [0.25, 0.3) is 5.91 Å². The van der Waals surface area contributed by atoms with Gasteiger partial charge in [0, 0.05) is 44.7 Å². The number of hydrogen-bond donors (Lipinski definition) is 0. The van der Waals surface area contributed by atoms with E-state index >= 15 is 0 Å². The lowest BCUT2D eigenvalue weighted by atomic mass is 9.94. The zero-order valence-corrected chi connectivity index (χ0v) is 16.5. The number of aromatic nitrogens is 1. The number of methoxy groups -OCH3 is 1. The van der Waals surface area contributed by atoms with E-state index in [2.05, 4.69) is 9.52 Å². The molecule has 2 saturated heterocycles. The van der Waals surface area contributed by atoms with Crippen LogP contribution in [0.4, 0.5) is 0 Å². The van der Waals surface area contributed by atoms with Crippen LogP contribution in [-0.4, -0.2) is 70.0 Å². The third-order valence-electron chi connectivity index (χ3n) is 4.94. The van der Waals surface area contributed by atoms with E-state index in [1.54, 1.807) is 17.9 Å². The predicted octanol–water partition coefficient (Wildman–Crippen LogP) is 0.769. The summed E-state index contributed by atoms with van der Waals surface area (Å²) in [5.41, 5.74) is -0.0244. The van der Waals surface area contributed by atoms with Crippen molar-refractivity contribution < 1.29 is 27.8 Å². The molecule has 2 fully saturated rings. The fraction of sp³-hybridized carbons (Fsp3) is 0.706. The molecule has 0 aromatic carbocycles. The molecule has 3 heterocycles. The lowest BCUT2D eigenvalue weighted by Gasteiger charge is -2.45. The SMILES string of the molecule is COCc1cc(CC(=O)N=S2(=O)CCC3(CC2)CN(C(C)=O)CCO3)no1. The lowest BCUT2D eigenvalue weighted by Crippen LogP contribution is -2.56. The number of rotatable bonds is 4. The monoisotopic (exact) mass is 399 g/mol. The summed E-state index contributed by atoms with van der Waals surface area (Å²) in [5, 5.41) is 3.80. The van der Waals surface area contributed by atoms with Gasteiger partial charge in [-0.3, -0.25) is 9.59 Å². The normalized spacial score (nSPS) is 28.3. The first-order valence-corrected chi connectivity index (χ1v) is 10.8. The molecule has 0 aliphatic carbocycles. The molecule has 1 aromatic rings. The van der Waals surface area contributed by atoms with Crippen LogP contribution in [0.15, 0.2) is 15.0 Å². The molecule has 9 nitrogen and oxygen atoms in total. The molecule has 10 heteroatoms. The highest BCUT2D eigenvalue weighted by atomic mass is 32.2. The van der Waals surface area contributed by atoms with Gasteiger partial charge in [-0.15, -0.1) is 0 Å². The van der Waals surface area contributed by atoms with Gasteiger partial charge in [0.2, 0.25) is 5.91 Å². The third-order valence-corrected chi connectivity index (χ3v) is 7.16. The highest BCUT2D eigenvalue weighted by molar-refractivity contribution is 7.93. The Morgan fingerprint density at radius 3 is 2.81 bits per heavy atom. The van der Waals surface area contributed by atoms with Crippen molar-refractivity contribution in [3.05, 3.63) is 17.5 Å². The quantitative estimate of drug-likeness (QED) is 0.735. The van der Waals surface area contributed by atoms with Crippen molar-refractivity contribution >= 4 is 21.5 Å². The van der Waals surface area contributed by atoms with Gasteiger partial charge >= 0.3 is 0 Å². The zero-order chi connectivity index (χ0) is 19.5. The number of carbonyl (C=O) groups is 2. The molecule has 1 spiro atoms. The Morgan fingerprint density at radius 1 is 1.41 bits per heavy atom. The molecule has 0 bridgehead atoms. The zero-order valence-electron chi connectivity index (χ0n) is 15.6. The molecule has 2 aliphatic heterocycles. The van der Waals surface area contributed by atoms with E-state index in [-0.39, 0.29) is 30.4 Å². The molecule has 2 amide bonds. The minimum atomic E-state index is -2.62. The lowest BCUT2D eigenvalue weighted by molar-refractivity contribution is -0.150. The summed E-state index contributed by atoms with van der Waals surface area (Å²) in [6, 6.07) is 1.63. The van der Waals surface area contributed by atoms with Crippen LogP contribution in [0.1, 0.15) is 31.2 Å². The average Bonchev–Trinajstić information content (AvgIpc) is 3.05. The second-order valence-electron chi connectivity index (χ2n) is 7.03. The van der Waals surface area contributed by atoms with E-state index in [4.69, 9.17) is 14.0 Å². The summed E-state index contributed by atoms with van der Waals surface area (Å²) >= 11 is 0. The fourth-order valence-electron chi connectivity index (χ4n) is 3.45. The number of amides is 2. The van der Waals surface area contributed by atoms with Gasteiger partial charge in [-0.1, -0.05) is 5.16 Å². The number of hydrogen-bond acceptors (Lipinski definition) is 7. The topological polar surface area (TPSA) is 111 Å². The van der Waals surface area contributed by atoms with Crippen LogP contribution < -0.4 is 0 Å². The third kappa shape index (κ3) is 4.94. The second kappa shape index (κ2) is 8.07. The Kier molecular flexibility index (Phi) is 5.97. The van der Waals surface area contributed by atoms with E-state index in [1.165, 1.54) is 7.11 Å². The van der Waals surface area contributed by atoms with Gasteiger partial charge in [0.05, 0.1) is 34.1 Å². The van der Waals surface area contributed by atoms with Gasteiger partial charge in [-0.25, -0.2) is 4.21 Å². The van der Waals surface area contributed by atoms with E-state index in [9.17, 15) is 13.8 Å². The minimum absolute atomic E-state index is 0.0179. The van der Waals surface area contributed by atoms with Gasteiger partial charge in [0.1, 0.15) is 6.61 Å². The van der Waals surface area contributed by atoms with Crippen molar-refractivity contribution in [1.82, 2.24) is 10.1 Å². The first-order chi connectivity index (χ1) is 12.8. The number of morpholine rings is 1. The fourth-order valence-corrected chi connectivity index (χ4v) is 5.65. The van der Waals surface area contributed by atoms with Gasteiger partial charge in [0.15, 0.2) is 5.76 Å². The maximum Gasteiger partial charge on any atom is 0.259 e. The van der Waals surface area contributed by atoms with Gasteiger partial charge in [-0.05, 0) is 12.8 Å². The van der Waals surface area contributed by atoms with E-state index in [0.29, 0.717) is 44.0 Å². The maximum absolute atomic E-state index is 13.0. The van der Waals surface area contributed by atoms with Crippen LogP contribution in [0.2, 0.25) is 0 Å². The maximum atomic E-state index is 13.0. The van der Waals surface area contributed by atoms with E-state index in [0.717, 1.165) is 0 Å². The molecule has 0 unspecified atom stereocenters. The van der Waals surface area contributed by atoms with Crippen LogP contribution in [-0.2, 0) is 41.8 Å². The molecule has 0 atom stereocenters. The van der Waals surface area contributed by atoms with Gasteiger partial charge in [-0.2, -0.15) is 4.36 Å². The molecule has 150 valence electrons. The molecule has 0 radical (unpaired) electrons. The molecule has 1 aromatic heterocycles. The Bertz CT molecular complexity index is 812. The smallest absolute Gasteiger partial charge is 0.259 e. The summed E-state index contributed by atoms with van der Waals surface area (Å²) in [7, 11) is -1.08. The van der Waals surface area contributed by atoms with E-state index in [1.807, 2.05) is 0 Å². The minimum Gasteiger partial charge on any atom is -0.377 e. The second-order valence-corrected chi connectivity index (χ2v) is 9.58. The Morgan fingerprint density at radius 2 is 2.15 bits per heavy atom. The highest BCUT2D eigenvalue weighted by Crippen LogP contribution is 2.32. The van der Waals surface area contributed by atoms with Crippen LogP contribution in [0.25, 0.3) is 0 Å². The molecule has 27 heavy (non-hydrogen) atoms. The van der Waals surface area contributed by atoms with Crippen LogP contribution in [0.5, 0.6) is 0 Å². The standard InChI is InChI=1S/C17H25N3O6S/c1-13(21)20-5-6-25-17(12-20)3-7-27(23,8-4-17)19-16(22)10-14-9-15(11-24-2)26-18-14/h9H,3-8,10-12H2,1-2H3. The number of nitrogens with zero attached hydrogens (tertiary/aromatic N) is 3. The molecular formula is C17H25N3O6S. The Hall–Kier alpha value is -1.78. The molecule has 3 rings (SSSR count). The van der Waals surface area contributed by atoms with Crippen molar-refractivity contribution in [2.75, 3.05) is 38.3 Å². The highest BCUT2D eigenvalue weighted by Gasteiger charge is 2.42. The molecular weight excluding hydrogens is 374 g/mol. The van der Waals surface area contributed by atoms with Gasteiger partial charge < -0.3 is 18.9 Å².